The van der Waals surface area contributed by atoms with Crippen LogP contribution < -0.4 is 10.6 Å². The first-order valence-electron chi connectivity index (χ1n) is 7.09. The van der Waals surface area contributed by atoms with Gasteiger partial charge in [0, 0.05) is 12.0 Å². The number of rotatable bonds is 4. The molecule has 1 aliphatic heterocycles. The van der Waals surface area contributed by atoms with Crippen molar-refractivity contribution in [1.29, 1.82) is 0 Å². The molecule has 1 saturated heterocycles. The fourth-order valence-electron chi connectivity index (χ4n) is 3.03. The van der Waals surface area contributed by atoms with Crippen LogP contribution in [-0.2, 0) is 4.79 Å². The Balaban J connectivity index is 1.83. The van der Waals surface area contributed by atoms with Gasteiger partial charge in [-0.15, -0.1) is 0 Å². The molecule has 17 heavy (non-hydrogen) atoms. The molecule has 0 unspecified atom stereocenters. The predicted molar refractivity (Wildman–Crippen MR) is 69.8 cm³/mol. The van der Waals surface area contributed by atoms with Gasteiger partial charge in [0.15, 0.2) is 0 Å². The van der Waals surface area contributed by atoms with Gasteiger partial charge in [0.05, 0.1) is 0 Å². The molecule has 0 atom stereocenters. The number of piperidine rings is 1. The largest absolute Gasteiger partial charge is 0.355 e. The summed E-state index contributed by atoms with van der Waals surface area (Å²) in [5.41, 5.74) is 0.295. The van der Waals surface area contributed by atoms with Crippen LogP contribution in [0.2, 0.25) is 0 Å². The Bertz CT molecular complexity index is 272. The lowest BCUT2D eigenvalue weighted by Crippen LogP contribution is -2.49. The Hall–Kier alpha value is -0.570. The van der Waals surface area contributed by atoms with Crippen molar-refractivity contribution in [3.63, 3.8) is 0 Å². The summed E-state index contributed by atoms with van der Waals surface area (Å²) >= 11 is 0. The van der Waals surface area contributed by atoms with Crippen molar-refractivity contribution in [3.05, 3.63) is 0 Å². The molecular formula is C14H26N2O. The number of hydrogen-bond donors (Lipinski definition) is 2. The zero-order chi connectivity index (χ0) is 12.4. The van der Waals surface area contributed by atoms with Crippen molar-refractivity contribution >= 4 is 5.91 Å². The maximum Gasteiger partial charge on any atom is 0.226 e. The first-order valence-corrected chi connectivity index (χ1v) is 7.09. The smallest absolute Gasteiger partial charge is 0.226 e. The Morgan fingerprint density at radius 3 is 2.35 bits per heavy atom. The van der Waals surface area contributed by atoms with Crippen LogP contribution in [0, 0.1) is 10.8 Å². The summed E-state index contributed by atoms with van der Waals surface area (Å²) in [4.78, 5) is 12.2. The van der Waals surface area contributed by atoms with E-state index in [0.29, 0.717) is 11.3 Å². The Labute approximate surface area is 105 Å². The lowest BCUT2D eigenvalue weighted by atomic mass is 9.66. The summed E-state index contributed by atoms with van der Waals surface area (Å²) in [6.45, 7) is 7.48. The summed E-state index contributed by atoms with van der Waals surface area (Å²) in [5.74, 6) is 0.311. The molecule has 2 N–H and O–H groups in total. The molecule has 1 saturated carbocycles. The molecule has 1 aliphatic carbocycles. The summed E-state index contributed by atoms with van der Waals surface area (Å²) in [6.07, 6.45) is 6.75. The molecule has 0 aromatic rings. The van der Waals surface area contributed by atoms with Crippen molar-refractivity contribution in [1.82, 2.24) is 10.6 Å². The highest BCUT2D eigenvalue weighted by Crippen LogP contribution is 2.44. The third-order valence-corrected chi connectivity index (χ3v) is 4.96. The summed E-state index contributed by atoms with van der Waals surface area (Å²) in [7, 11) is 0. The normalized spacial score (nSPS) is 26.0. The molecular weight excluding hydrogens is 212 g/mol. The van der Waals surface area contributed by atoms with Crippen LogP contribution in [0.15, 0.2) is 0 Å². The van der Waals surface area contributed by atoms with Gasteiger partial charge in [-0.3, -0.25) is 4.79 Å². The van der Waals surface area contributed by atoms with E-state index in [2.05, 4.69) is 24.5 Å². The fourth-order valence-corrected chi connectivity index (χ4v) is 3.03. The molecule has 3 heteroatoms. The van der Waals surface area contributed by atoms with E-state index >= 15 is 0 Å². The highest BCUT2D eigenvalue weighted by Gasteiger charge is 2.42. The third kappa shape index (κ3) is 2.65. The second kappa shape index (κ2) is 4.97. The quantitative estimate of drug-likeness (QED) is 0.787. The van der Waals surface area contributed by atoms with E-state index in [0.717, 1.165) is 38.9 Å². The number of hydrogen-bond acceptors (Lipinski definition) is 2. The second-order valence-corrected chi connectivity index (χ2v) is 6.23. The number of nitrogens with one attached hydrogen (secondary N) is 2. The maximum atomic E-state index is 12.2. The van der Waals surface area contributed by atoms with E-state index in [-0.39, 0.29) is 5.41 Å². The van der Waals surface area contributed by atoms with E-state index in [1.807, 2.05) is 0 Å². The van der Waals surface area contributed by atoms with E-state index in [1.54, 1.807) is 0 Å². The first-order chi connectivity index (χ1) is 8.10. The van der Waals surface area contributed by atoms with Crippen LogP contribution in [0.5, 0.6) is 0 Å². The minimum Gasteiger partial charge on any atom is -0.355 e. The standard InChI is InChI=1S/C14H26N2O/c1-3-14(5-4-6-14)12(17)16-11-13(2)7-9-15-10-8-13/h15H,3-11H2,1-2H3,(H,16,17). The van der Waals surface area contributed by atoms with Gasteiger partial charge in [0.1, 0.15) is 0 Å². The van der Waals surface area contributed by atoms with E-state index in [4.69, 9.17) is 0 Å². The highest BCUT2D eigenvalue weighted by atomic mass is 16.2. The van der Waals surface area contributed by atoms with Crippen molar-refractivity contribution in [2.75, 3.05) is 19.6 Å². The number of amides is 1. The minimum absolute atomic E-state index is 0.0106. The van der Waals surface area contributed by atoms with Gasteiger partial charge in [0.25, 0.3) is 0 Å². The van der Waals surface area contributed by atoms with Crippen LogP contribution >= 0.6 is 0 Å². The van der Waals surface area contributed by atoms with Crippen LogP contribution in [0.4, 0.5) is 0 Å². The monoisotopic (exact) mass is 238 g/mol. The van der Waals surface area contributed by atoms with Crippen molar-refractivity contribution < 1.29 is 4.79 Å². The molecule has 0 bridgehead atoms. The van der Waals surface area contributed by atoms with Crippen molar-refractivity contribution in [2.24, 2.45) is 10.8 Å². The van der Waals surface area contributed by atoms with Gasteiger partial charge in [-0.05, 0) is 50.6 Å². The molecule has 0 aromatic heterocycles. The SMILES string of the molecule is CCC1(C(=O)NCC2(C)CCNCC2)CCC1. The van der Waals surface area contributed by atoms with Crippen LogP contribution in [-0.4, -0.2) is 25.5 Å². The van der Waals surface area contributed by atoms with E-state index < -0.39 is 0 Å². The average Bonchev–Trinajstić information content (AvgIpc) is 2.27. The topological polar surface area (TPSA) is 41.1 Å². The number of carbonyl (C=O) groups is 1. The van der Waals surface area contributed by atoms with Gasteiger partial charge < -0.3 is 10.6 Å². The molecule has 0 radical (unpaired) electrons. The molecule has 1 amide bonds. The predicted octanol–water partition coefficient (Wildman–Crippen LogP) is 2.07. The molecule has 2 aliphatic rings. The summed E-state index contributed by atoms with van der Waals surface area (Å²) < 4.78 is 0. The minimum atomic E-state index is -0.0106. The highest BCUT2D eigenvalue weighted by molar-refractivity contribution is 5.83. The number of carbonyl (C=O) groups excluding carboxylic acids is 1. The van der Waals surface area contributed by atoms with E-state index in [1.165, 1.54) is 19.3 Å². The molecule has 3 nitrogen and oxygen atoms in total. The molecule has 2 rings (SSSR count). The Kier molecular flexibility index (Phi) is 3.76. The van der Waals surface area contributed by atoms with Gasteiger partial charge in [-0.1, -0.05) is 20.3 Å². The summed E-state index contributed by atoms with van der Waals surface area (Å²) in [5, 5.41) is 6.60. The zero-order valence-corrected chi connectivity index (χ0v) is 11.3. The zero-order valence-electron chi connectivity index (χ0n) is 11.3. The molecule has 98 valence electrons. The van der Waals surface area contributed by atoms with Crippen molar-refractivity contribution in [2.45, 2.75) is 52.4 Å². The van der Waals surface area contributed by atoms with Gasteiger partial charge >= 0.3 is 0 Å². The van der Waals surface area contributed by atoms with Gasteiger partial charge in [0.2, 0.25) is 5.91 Å². The van der Waals surface area contributed by atoms with E-state index in [9.17, 15) is 4.79 Å². The van der Waals surface area contributed by atoms with Crippen LogP contribution in [0.1, 0.15) is 52.4 Å². The van der Waals surface area contributed by atoms with Gasteiger partial charge in [-0.2, -0.15) is 0 Å². The second-order valence-electron chi connectivity index (χ2n) is 6.23. The molecule has 1 heterocycles. The Morgan fingerprint density at radius 2 is 1.88 bits per heavy atom. The van der Waals surface area contributed by atoms with Crippen molar-refractivity contribution in [3.8, 4) is 0 Å². The summed E-state index contributed by atoms with van der Waals surface area (Å²) in [6, 6.07) is 0. The first kappa shape index (κ1) is 12.9. The average molecular weight is 238 g/mol. The van der Waals surface area contributed by atoms with Crippen LogP contribution in [0.3, 0.4) is 0 Å². The third-order valence-electron chi connectivity index (χ3n) is 4.96. The molecule has 0 aromatic carbocycles. The lowest BCUT2D eigenvalue weighted by Gasteiger charge is -2.41. The molecule has 0 spiro atoms. The fraction of sp³-hybridized carbons (Fsp3) is 0.929. The van der Waals surface area contributed by atoms with Crippen LogP contribution in [0.25, 0.3) is 0 Å². The molecule has 2 fully saturated rings. The Morgan fingerprint density at radius 1 is 1.24 bits per heavy atom. The lowest BCUT2D eigenvalue weighted by molar-refractivity contribution is -0.136. The maximum absolute atomic E-state index is 12.2. The van der Waals surface area contributed by atoms with Gasteiger partial charge in [-0.25, -0.2) is 0 Å².